The molecule has 1 N–H and O–H groups in total. The summed E-state index contributed by atoms with van der Waals surface area (Å²) in [6.45, 7) is 1.66. The second kappa shape index (κ2) is 7.60. The third-order valence-electron chi connectivity index (χ3n) is 3.51. The van der Waals surface area contributed by atoms with Crippen LogP contribution >= 0.6 is 0 Å². The number of nitrogens with one attached hydrogen (secondary N) is 1. The molecule has 0 unspecified atom stereocenters. The monoisotopic (exact) mass is 354 g/mol. The highest BCUT2D eigenvalue weighted by Crippen LogP contribution is 2.22. The van der Waals surface area contributed by atoms with E-state index in [0.717, 1.165) is 0 Å². The van der Waals surface area contributed by atoms with Crippen molar-refractivity contribution in [2.45, 2.75) is 13.0 Å². The maximum absolute atomic E-state index is 13.0. The van der Waals surface area contributed by atoms with Crippen molar-refractivity contribution in [2.75, 3.05) is 5.32 Å². The SMILES string of the molecule is Cc1cc(C(=O)O[C@H](C(=O)Nc2ccc(F)cc2)c2ccccc2)on1. The van der Waals surface area contributed by atoms with Crippen LogP contribution in [0, 0.1) is 12.7 Å². The summed E-state index contributed by atoms with van der Waals surface area (Å²) < 4.78 is 23.2. The Bertz CT molecular complexity index is 907. The van der Waals surface area contributed by atoms with Gasteiger partial charge in [0.15, 0.2) is 0 Å². The summed E-state index contributed by atoms with van der Waals surface area (Å²) in [6.07, 6.45) is -1.21. The Morgan fingerprint density at radius 1 is 1.12 bits per heavy atom. The third kappa shape index (κ3) is 4.13. The van der Waals surface area contributed by atoms with Gasteiger partial charge in [-0.2, -0.15) is 0 Å². The zero-order chi connectivity index (χ0) is 18.5. The Kier molecular flexibility index (Phi) is 5.07. The van der Waals surface area contributed by atoms with Crippen LogP contribution in [-0.2, 0) is 9.53 Å². The normalized spacial score (nSPS) is 11.6. The Morgan fingerprint density at radius 3 is 2.42 bits per heavy atom. The van der Waals surface area contributed by atoms with Crippen molar-refractivity contribution in [1.29, 1.82) is 0 Å². The van der Waals surface area contributed by atoms with Gasteiger partial charge in [-0.25, -0.2) is 9.18 Å². The minimum atomic E-state index is -1.21. The predicted molar refractivity (Wildman–Crippen MR) is 90.9 cm³/mol. The fraction of sp³-hybridized carbons (Fsp3) is 0.105. The standard InChI is InChI=1S/C19H15FN2O4/c1-12-11-16(26-22-12)19(24)25-17(13-5-3-2-4-6-13)18(23)21-15-9-7-14(20)8-10-15/h2-11,17H,1H3,(H,21,23)/t17-/m0/s1. The highest BCUT2D eigenvalue weighted by molar-refractivity contribution is 5.97. The van der Waals surface area contributed by atoms with E-state index in [2.05, 4.69) is 10.5 Å². The lowest BCUT2D eigenvalue weighted by atomic mass is 10.1. The zero-order valence-corrected chi connectivity index (χ0v) is 13.8. The number of amides is 1. The molecule has 6 nitrogen and oxygen atoms in total. The summed E-state index contributed by atoms with van der Waals surface area (Å²) in [5.74, 6) is -1.91. The highest BCUT2D eigenvalue weighted by atomic mass is 19.1. The average Bonchev–Trinajstić information content (AvgIpc) is 3.08. The highest BCUT2D eigenvalue weighted by Gasteiger charge is 2.27. The van der Waals surface area contributed by atoms with Crippen molar-refractivity contribution in [1.82, 2.24) is 5.16 Å². The number of anilines is 1. The van der Waals surface area contributed by atoms with Crippen LogP contribution in [0.3, 0.4) is 0 Å². The first-order valence-electron chi connectivity index (χ1n) is 7.78. The molecule has 0 radical (unpaired) electrons. The van der Waals surface area contributed by atoms with Crippen molar-refractivity contribution < 1.29 is 23.2 Å². The molecule has 0 spiro atoms. The molecule has 1 amide bonds. The third-order valence-corrected chi connectivity index (χ3v) is 3.51. The smallest absolute Gasteiger partial charge is 0.378 e. The fourth-order valence-corrected chi connectivity index (χ4v) is 2.27. The van der Waals surface area contributed by atoms with E-state index in [4.69, 9.17) is 9.26 Å². The van der Waals surface area contributed by atoms with Crippen LogP contribution in [0.15, 0.2) is 65.2 Å². The number of carbonyl (C=O) groups is 2. The van der Waals surface area contributed by atoms with Gasteiger partial charge in [0.25, 0.3) is 5.91 Å². The number of halogens is 1. The van der Waals surface area contributed by atoms with E-state index in [-0.39, 0.29) is 5.76 Å². The molecular weight excluding hydrogens is 339 g/mol. The van der Waals surface area contributed by atoms with E-state index < -0.39 is 23.8 Å². The number of benzene rings is 2. The topological polar surface area (TPSA) is 81.4 Å². The van der Waals surface area contributed by atoms with Gasteiger partial charge in [0.2, 0.25) is 11.9 Å². The van der Waals surface area contributed by atoms with Gasteiger partial charge in [-0.1, -0.05) is 35.5 Å². The van der Waals surface area contributed by atoms with Crippen LogP contribution in [0.1, 0.15) is 27.9 Å². The second-order valence-electron chi connectivity index (χ2n) is 5.52. The number of hydrogen-bond donors (Lipinski definition) is 1. The number of hydrogen-bond acceptors (Lipinski definition) is 5. The van der Waals surface area contributed by atoms with Crippen molar-refractivity contribution in [3.63, 3.8) is 0 Å². The summed E-state index contributed by atoms with van der Waals surface area (Å²) in [4.78, 5) is 24.9. The summed E-state index contributed by atoms with van der Waals surface area (Å²) in [5, 5.41) is 6.23. The van der Waals surface area contributed by atoms with Gasteiger partial charge in [-0.15, -0.1) is 0 Å². The number of esters is 1. The molecule has 0 aliphatic carbocycles. The van der Waals surface area contributed by atoms with Gasteiger partial charge >= 0.3 is 5.97 Å². The molecule has 26 heavy (non-hydrogen) atoms. The quantitative estimate of drug-likeness (QED) is 0.707. The Labute approximate surface area is 148 Å². The first-order valence-corrected chi connectivity index (χ1v) is 7.78. The predicted octanol–water partition coefficient (Wildman–Crippen LogP) is 3.66. The lowest BCUT2D eigenvalue weighted by molar-refractivity contribution is -0.125. The maximum Gasteiger partial charge on any atom is 0.378 e. The Balaban J connectivity index is 1.82. The van der Waals surface area contributed by atoms with Crippen LogP contribution in [0.4, 0.5) is 10.1 Å². The molecular formula is C19H15FN2O4. The van der Waals surface area contributed by atoms with Gasteiger partial charge in [0.05, 0.1) is 5.69 Å². The molecule has 1 atom stereocenters. The molecule has 132 valence electrons. The molecule has 3 rings (SSSR count). The van der Waals surface area contributed by atoms with Crippen molar-refractivity contribution in [3.8, 4) is 0 Å². The summed E-state index contributed by atoms with van der Waals surface area (Å²) in [7, 11) is 0. The number of carbonyl (C=O) groups excluding carboxylic acids is 2. The minimum absolute atomic E-state index is 0.0991. The Hall–Kier alpha value is -3.48. The van der Waals surface area contributed by atoms with E-state index in [1.54, 1.807) is 37.3 Å². The van der Waals surface area contributed by atoms with Crippen LogP contribution in [0.2, 0.25) is 0 Å². The largest absolute Gasteiger partial charge is 0.441 e. The molecule has 1 heterocycles. The van der Waals surface area contributed by atoms with E-state index >= 15 is 0 Å². The van der Waals surface area contributed by atoms with Gasteiger partial charge in [-0.3, -0.25) is 4.79 Å². The summed E-state index contributed by atoms with van der Waals surface area (Å²) >= 11 is 0. The number of ether oxygens (including phenoxy) is 1. The Morgan fingerprint density at radius 2 is 1.81 bits per heavy atom. The van der Waals surface area contributed by atoms with Crippen molar-refractivity contribution >= 4 is 17.6 Å². The van der Waals surface area contributed by atoms with Crippen LogP contribution in [-0.4, -0.2) is 17.0 Å². The average molecular weight is 354 g/mol. The van der Waals surface area contributed by atoms with E-state index in [9.17, 15) is 14.0 Å². The van der Waals surface area contributed by atoms with Crippen LogP contribution in [0.5, 0.6) is 0 Å². The minimum Gasteiger partial charge on any atom is -0.441 e. The van der Waals surface area contributed by atoms with E-state index in [0.29, 0.717) is 16.9 Å². The fourth-order valence-electron chi connectivity index (χ4n) is 2.27. The van der Waals surface area contributed by atoms with Crippen LogP contribution < -0.4 is 5.32 Å². The molecule has 0 bridgehead atoms. The first-order chi connectivity index (χ1) is 12.5. The lowest BCUT2D eigenvalue weighted by Crippen LogP contribution is -2.25. The summed E-state index contributed by atoms with van der Waals surface area (Å²) in [5.41, 5.74) is 1.38. The van der Waals surface area contributed by atoms with Crippen molar-refractivity contribution in [2.24, 2.45) is 0 Å². The number of nitrogens with zero attached hydrogens (tertiary/aromatic N) is 1. The summed E-state index contributed by atoms with van der Waals surface area (Å²) in [6, 6.07) is 15.2. The van der Waals surface area contributed by atoms with Gasteiger partial charge in [0, 0.05) is 17.3 Å². The molecule has 0 aliphatic rings. The number of rotatable bonds is 5. The first kappa shape index (κ1) is 17.3. The van der Waals surface area contributed by atoms with Gasteiger partial charge in [0.1, 0.15) is 5.82 Å². The van der Waals surface area contributed by atoms with Crippen LogP contribution in [0.25, 0.3) is 0 Å². The molecule has 0 aliphatic heterocycles. The van der Waals surface area contributed by atoms with E-state index in [1.165, 1.54) is 30.3 Å². The number of aryl methyl sites for hydroxylation is 1. The number of aromatic nitrogens is 1. The van der Waals surface area contributed by atoms with Crippen molar-refractivity contribution in [3.05, 3.63) is 83.5 Å². The second-order valence-corrected chi connectivity index (χ2v) is 5.52. The zero-order valence-electron chi connectivity index (χ0n) is 13.8. The maximum atomic E-state index is 13.0. The molecule has 3 aromatic rings. The molecule has 0 fully saturated rings. The lowest BCUT2D eigenvalue weighted by Gasteiger charge is -2.17. The molecule has 7 heteroatoms. The van der Waals surface area contributed by atoms with Gasteiger partial charge in [-0.05, 0) is 31.2 Å². The molecule has 0 saturated heterocycles. The molecule has 0 saturated carbocycles. The van der Waals surface area contributed by atoms with E-state index in [1.807, 2.05) is 0 Å². The molecule has 2 aromatic carbocycles. The molecule has 1 aromatic heterocycles. The van der Waals surface area contributed by atoms with Gasteiger partial charge < -0.3 is 14.6 Å².